The highest BCUT2D eigenvalue weighted by molar-refractivity contribution is 5.85. The second kappa shape index (κ2) is 2.43. The summed E-state index contributed by atoms with van der Waals surface area (Å²) in [6.45, 7) is 0. The molecule has 2 bridgehead atoms. The molecule has 4 aliphatic rings. The van der Waals surface area contributed by atoms with Crippen LogP contribution in [0.2, 0.25) is 0 Å². The van der Waals surface area contributed by atoms with Crippen LogP contribution in [0.5, 0.6) is 0 Å². The van der Waals surface area contributed by atoms with Crippen molar-refractivity contribution < 1.29 is 4.79 Å². The lowest BCUT2D eigenvalue weighted by Crippen LogP contribution is -2.10. The molecular weight excluding hydrogens is 172 g/mol. The van der Waals surface area contributed by atoms with Gasteiger partial charge < -0.3 is 0 Å². The van der Waals surface area contributed by atoms with Gasteiger partial charge >= 0.3 is 0 Å². The Morgan fingerprint density at radius 2 is 1.64 bits per heavy atom. The van der Waals surface area contributed by atoms with Crippen LogP contribution < -0.4 is 0 Å². The molecule has 14 heavy (non-hydrogen) atoms. The second-order valence-corrected chi connectivity index (χ2v) is 6.13. The van der Waals surface area contributed by atoms with E-state index in [0.717, 1.165) is 36.0 Å². The van der Waals surface area contributed by atoms with Crippen LogP contribution in [-0.4, -0.2) is 5.78 Å². The lowest BCUT2D eigenvalue weighted by molar-refractivity contribution is -0.121. The van der Waals surface area contributed by atoms with E-state index in [9.17, 15) is 4.79 Å². The molecule has 76 valence electrons. The normalized spacial score (nSPS) is 53.3. The first-order valence-corrected chi connectivity index (χ1v) is 6.37. The number of hydrogen-bond donors (Lipinski definition) is 0. The van der Waals surface area contributed by atoms with Crippen LogP contribution in [-0.2, 0) is 4.79 Å². The van der Waals surface area contributed by atoms with E-state index in [4.69, 9.17) is 0 Å². The summed E-state index contributed by atoms with van der Waals surface area (Å²) in [5.74, 6) is 5.71. The largest absolute Gasteiger partial charge is 0.299 e. The van der Waals surface area contributed by atoms with Crippen LogP contribution in [0.25, 0.3) is 0 Å². The molecule has 4 atom stereocenters. The zero-order valence-electron chi connectivity index (χ0n) is 8.61. The summed E-state index contributed by atoms with van der Waals surface area (Å²) in [7, 11) is 0. The van der Waals surface area contributed by atoms with Gasteiger partial charge in [0.1, 0.15) is 5.78 Å². The predicted molar refractivity (Wildman–Crippen MR) is 53.6 cm³/mol. The number of hydrogen-bond acceptors (Lipinski definition) is 1. The minimum atomic E-state index is 0.557. The fourth-order valence-electron chi connectivity index (χ4n) is 4.50. The van der Waals surface area contributed by atoms with Crippen LogP contribution >= 0.6 is 0 Å². The van der Waals surface area contributed by atoms with Gasteiger partial charge in [-0.3, -0.25) is 4.79 Å². The van der Waals surface area contributed by atoms with Crippen LogP contribution in [0.4, 0.5) is 0 Å². The quantitative estimate of drug-likeness (QED) is 0.668. The Morgan fingerprint density at radius 3 is 2.21 bits per heavy atom. The number of rotatable bonds is 3. The SMILES string of the molecule is O=C(CC1CC1)C1C2C3CCC(C3)C12. The molecule has 0 radical (unpaired) electrons. The van der Waals surface area contributed by atoms with E-state index in [1.165, 1.54) is 32.1 Å². The smallest absolute Gasteiger partial charge is 0.136 e. The van der Waals surface area contributed by atoms with Gasteiger partial charge in [-0.25, -0.2) is 0 Å². The van der Waals surface area contributed by atoms with E-state index in [0.29, 0.717) is 11.7 Å². The third kappa shape index (κ3) is 0.936. The van der Waals surface area contributed by atoms with E-state index >= 15 is 0 Å². The summed E-state index contributed by atoms with van der Waals surface area (Å²) in [6.07, 6.45) is 7.97. The molecule has 0 spiro atoms. The third-order valence-electron chi connectivity index (χ3n) is 5.29. The Hall–Kier alpha value is -0.330. The molecule has 0 amide bonds. The van der Waals surface area contributed by atoms with Crippen LogP contribution in [0.15, 0.2) is 0 Å². The fourth-order valence-corrected chi connectivity index (χ4v) is 4.50. The van der Waals surface area contributed by atoms with Gasteiger partial charge in [-0.2, -0.15) is 0 Å². The van der Waals surface area contributed by atoms with Gasteiger partial charge in [0.05, 0.1) is 0 Å². The Labute approximate surface area is 85.3 Å². The van der Waals surface area contributed by atoms with Gasteiger partial charge in [-0.15, -0.1) is 0 Å². The Morgan fingerprint density at radius 1 is 1.00 bits per heavy atom. The molecule has 4 rings (SSSR count). The minimum Gasteiger partial charge on any atom is -0.299 e. The molecule has 0 aromatic heterocycles. The van der Waals surface area contributed by atoms with E-state index in [-0.39, 0.29) is 0 Å². The molecule has 0 saturated heterocycles. The van der Waals surface area contributed by atoms with Gasteiger partial charge in [0.2, 0.25) is 0 Å². The summed E-state index contributed by atoms with van der Waals surface area (Å²) < 4.78 is 0. The van der Waals surface area contributed by atoms with Crippen molar-refractivity contribution in [3.8, 4) is 0 Å². The zero-order valence-corrected chi connectivity index (χ0v) is 8.61. The van der Waals surface area contributed by atoms with Crippen LogP contribution in [0.3, 0.4) is 0 Å². The van der Waals surface area contributed by atoms with Gasteiger partial charge in [0.15, 0.2) is 0 Å². The maximum Gasteiger partial charge on any atom is 0.136 e. The molecule has 0 heterocycles. The van der Waals surface area contributed by atoms with E-state index in [1.807, 2.05) is 0 Å². The minimum absolute atomic E-state index is 0.557. The van der Waals surface area contributed by atoms with Gasteiger partial charge in [-0.05, 0) is 61.7 Å². The van der Waals surface area contributed by atoms with Gasteiger partial charge in [-0.1, -0.05) is 0 Å². The van der Waals surface area contributed by atoms with E-state index in [1.54, 1.807) is 0 Å². The summed E-state index contributed by atoms with van der Waals surface area (Å²) in [5, 5.41) is 0. The highest BCUT2D eigenvalue weighted by Gasteiger charge is 2.67. The average Bonchev–Trinajstić information content (AvgIpc) is 3.06. The van der Waals surface area contributed by atoms with E-state index < -0.39 is 0 Å². The summed E-state index contributed by atoms with van der Waals surface area (Å²) >= 11 is 0. The van der Waals surface area contributed by atoms with E-state index in [2.05, 4.69) is 0 Å². The summed E-state index contributed by atoms with van der Waals surface area (Å²) in [5.41, 5.74) is 0. The first-order chi connectivity index (χ1) is 6.84. The Bertz CT molecular complexity index is 276. The molecule has 0 aromatic rings. The molecule has 0 N–H and O–H groups in total. The Kier molecular flexibility index (Phi) is 1.37. The fraction of sp³-hybridized carbons (Fsp3) is 0.923. The maximum atomic E-state index is 12.0. The first-order valence-electron chi connectivity index (χ1n) is 6.37. The summed E-state index contributed by atoms with van der Waals surface area (Å²) in [4.78, 5) is 12.0. The molecule has 4 saturated carbocycles. The monoisotopic (exact) mass is 190 g/mol. The van der Waals surface area contributed by atoms with Gasteiger partial charge in [0.25, 0.3) is 0 Å². The number of Topliss-reactive ketones (excluding diaryl/α,β-unsaturated/α-hetero) is 1. The van der Waals surface area contributed by atoms with Crippen molar-refractivity contribution in [3.05, 3.63) is 0 Å². The lowest BCUT2D eigenvalue weighted by atomic mass is 9.97. The van der Waals surface area contributed by atoms with Crippen molar-refractivity contribution >= 4 is 5.78 Å². The molecule has 4 unspecified atom stereocenters. The van der Waals surface area contributed by atoms with Crippen molar-refractivity contribution in [2.75, 3.05) is 0 Å². The van der Waals surface area contributed by atoms with Gasteiger partial charge in [0, 0.05) is 12.3 Å². The maximum absolute atomic E-state index is 12.0. The lowest BCUT2D eigenvalue weighted by Gasteiger charge is -2.06. The number of fused-ring (bicyclic) bond motifs is 5. The van der Waals surface area contributed by atoms with Crippen LogP contribution in [0, 0.1) is 35.5 Å². The number of carbonyl (C=O) groups is 1. The number of ketones is 1. The predicted octanol–water partition coefficient (Wildman–Crippen LogP) is 2.65. The molecule has 4 fully saturated rings. The molecule has 1 nitrogen and oxygen atoms in total. The van der Waals surface area contributed by atoms with Crippen molar-refractivity contribution in [3.63, 3.8) is 0 Å². The molecule has 0 aliphatic heterocycles. The standard InChI is InChI=1S/C13H18O/c14-10(5-7-1-2-7)13-11-8-3-4-9(6-8)12(11)13/h7-9,11-13H,1-6H2. The van der Waals surface area contributed by atoms with Crippen molar-refractivity contribution in [1.82, 2.24) is 0 Å². The van der Waals surface area contributed by atoms with Crippen LogP contribution in [0.1, 0.15) is 38.5 Å². The number of carbonyl (C=O) groups excluding carboxylic acids is 1. The molecular formula is C13H18O. The van der Waals surface area contributed by atoms with Crippen molar-refractivity contribution in [2.45, 2.75) is 38.5 Å². The topological polar surface area (TPSA) is 17.1 Å². The average molecular weight is 190 g/mol. The molecule has 4 aliphatic carbocycles. The molecule has 1 heteroatoms. The highest BCUT2D eigenvalue weighted by Crippen LogP contribution is 2.69. The second-order valence-electron chi connectivity index (χ2n) is 6.13. The highest BCUT2D eigenvalue weighted by atomic mass is 16.1. The van der Waals surface area contributed by atoms with Crippen molar-refractivity contribution in [1.29, 1.82) is 0 Å². The molecule has 0 aromatic carbocycles. The third-order valence-corrected chi connectivity index (χ3v) is 5.29. The zero-order chi connectivity index (χ0) is 9.28. The summed E-state index contributed by atoms with van der Waals surface area (Å²) in [6, 6.07) is 0. The Balaban J connectivity index is 1.47. The first kappa shape index (κ1) is 7.90. The van der Waals surface area contributed by atoms with Crippen molar-refractivity contribution in [2.24, 2.45) is 35.5 Å².